The molecule has 11 nitrogen and oxygen atoms in total. The maximum Gasteiger partial charge on any atom is 0.407 e. The Balaban J connectivity index is 1.08. The van der Waals surface area contributed by atoms with E-state index in [-0.39, 0.29) is 12.5 Å². The van der Waals surface area contributed by atoms with E-state index in [1.54, 1.807) is 0 Å². The van der Waals surface area contributed by atoms with Crippen LogP contribution in [0.2, 0.25) is 0 Å². The van der Waals surface area contributed by atoms with Crippen LogP contribution in [0.25, 0.3) is 11.1 Å². The number of hydrogen-bond donors (Lipinski definition) is 4. The molecule has 0 radical (unpaired) electrons. The van der Waals surface area contributed by atoms with Gasteiger partial charge in [0.05, 0.1) is 46.2 Å². The Hall–Kier alpha value is -3.06. The fourth-order valence-electron chi connectivity index (χ4n) is 4.89. The van der Waals surface area contributed by atoms with Gasteiger partial charge in [-0.2, -0.15) is 0 Å². The summed E-state index contributed by atoms with van der Waals surface area (Å²) in [5.74, 6) is -0.795. The number of fused-ring (bicyclic) bond motifs is 3. The van der Waals surface area contributed by atoms with Crippen LogP contribution in [-0.4, -0.2) is 102 Å². The summed E-state index contributed by atoms with van der Waals surface area (Å²) < 4.78 is 27.5. The van der Waals surface area contributed by atoms with Gasteiger partial charge in [-0.1, -0.05) is 55.0 Å². The van der Waals surface area contributed by atoms with E-state index in [1.807, 2.05) is 24.3 Å². The van der Waals surface area contributed by atoms with Gasteiger partial charge in [-0.3, -0.25) is 4.79 Å². The molecule has 3 rings (SSSR count). The van der Waals surface area contributed by atoms with Crippen LogP contribution in [-0.2, 0) is 28.5 Å². The molecule has 11 heteroatoms. The van der Waals surface area contributed by atoms with Crippen molar-refractivity contribution in [3.63, 3.8) is 0 Å². The predicted molar refractivity (Wildman–Crippen MR) is 163 cm³/mol. The van der Waals surface area contributed by atoms with Crippen molar-refractivity contribution >= 4 is 12.1 Å². The molecule has 0 unspecified atom stereocenters. The van der Waals surface area contributed by atoms with Crippen molar-refractivity contribution in [1.82, 2.24) is 10.6 Å². The number of aliphatic carboxylic acids is 1. The predicted octanol–water partition coefficient (Wildman–Crippen LogP) is 3.15. The molecule has 1 amide bonds. The van der Waals surface area contributed by atoms with Crippen molar-refractivity contribution in [2.75, 3.05) is 79.1 Å². The number of nitrogens with one attached hydrogen (secondary N) is 2. The van der Waals surface area contributed by atoms with Crippen LogP contribution < -0.4 is 16.4 Å². The zero-order valence-electron chi connectivity index (χ0n) is 25.0. The topological polar surface area (TPSA) is 151 Å². The number of ether oxygens (including phenoxy) is 5. The molecule has 1 aliphatic carbocycles. The van der Waals surface area contributed by atoms with Gasteiger partial charge in [-0.15, -0.1) is 0 Å². The number of rotatable bonds is 24. The number of benzene rings is 2. The third-order valence-electron chi connectivity index (χ3n) is 7.08. The second-order valence-corrected chi connectivity index (χ2v) is 10.2. The van der Waals surface area contributed by atoms with Gasteiger partial charge in [0.15, 0.2) is 0 Å². The first-order valence-corrected chi connectivity index (χ1v) is 15.2. The maximum absolute atomic E-state index is 12.2. The average Bonchev–Trinajstić information content (AvgIpc) is 3.34. The van der Waals surface area contributed by atoms with Crippen molar-refractivity contribution in [2.45, 2.75) is 37.6 Å². The Morgan fingerprint density at radius 2 is 1.30 bits per heavy atom. The Kier molecular flexibility index (Phi) is 16.6. The van der Waals surface area contributed by atoms with Crippen LogP contribution in [0.4, 0.5) is 4.79 Å². The lowest BCUT2D eigenvalue weighted by atomic mass is 9.98. The van der Waals surface area contributed by atoms with E-state index in [0.717, 1.165) is 19.3 Å². The number of carboxylic acids is 1. The number of amides is 1. The monoisotopic (exact) mass is 601 g/mol. The van der Waals surface area contributed by atoms with Gasteiger partial charge < -0.3 is 45.2 Å². The van der Waals surface area contributed by atoms with Crippen LogP contribution in [0.5, 0.6) is 0 Å². The number of carbonyl (C=O) groups is 2. The van der Waals surface area contributed by atoms with Gasteiger partial charge in [0, 0.05) is 19.1 Å². The van der Waals surface area contributed by atoms with Crippen molar-refractivity contribution < 1.29 is 38.4 Å². The molecule has 2 aromatic rings. The second-order valence-electron chi connectivity index (χ2n) is 10.2. The highest BCUT2D eigenvalue weighted by atomic mass is 16.6. The number of hydrogen-bond acceptors (Lipinski definition) is 9. The van der Waals surface area contributed by atoms with Crippen LogP contribution in [0, 0.1) is 0 Å². The summed E-state index contributed by atoms with van der Waals surface area (Å²) in [6, 6.07) is 15.9. The lowest BCUT2D eigenvalue weighted by molar-refractivity contribution is -0.139. The summed E-state index contributed by atoms with van der Waals surface area (Å²) in [5.41, 5.74) is 10.2. The molecule has 0 spiro atoms. The SMILES string of the molecule is NCCCC[C@H](NCCCOCCOCCOCCOCCNC(=O)OCC1c2ccccc2-c2ccccc21)C(=O)O. The molecule has 1 atom stereocenters. The van der Waals surface area contributed by atoms with Crippen molar-refractivity contribution in [2.24, 2.45) is 5.73 Å². The minimum Gasteiger partial charge on any atom is -0.480 e. The molecule has 2 aromatic carbocycles. The Labute approximate surface area is 254 Å². The smallest absolute Gasteiger partial charge is 0.407 e. The Morgan fingerprint density at radius 3 is 1.88 bits per heavy atom. The van der Waals surface area contributed by atoms with Gasteiger partial charge in [-0.25, -0.2) is 4.79 Å². The zero-order valence-corrected chi connectivity index (χ0v) is 25.0. The van der Waals surface area contributed by atoms with Crippen LogP contribution in [0.3, 0.4) is 0 Å². The molecule has 0 aliphatic heterocycles. The minimum atomic E-state index is -0.830. The van der Waals surface area contributed by atoms with E-state index in [1.165, 1.54) is 22.3 Å². The summed E-state index contributed by atoms with van der Waals surface area (Å²) in [7, 11) is 0. The molecule has 0 bridgehead atoms. The number of unbranched alkanes of at least 4 members (excludes halogenated alkanes) is 1. The first-order valence-electron chi connectivity index (χ1n) is 15.2. The van der Waals surface area contributed by atoms with Crippen molar-refractivity contribution in [1.29, 1.82) is 0 Å². The number of alkyl carbamates (subject to hydrolysis) is 1. The van der Waals surface area contributed by atoms with Crippen LogP contribution in [0.15, 0.2) is 48.5 Å². The molecule has 238 valence electrons. The lowest BCUT2D eigenvalue weighted by Gasteiger charge is -2.14. The maximum atomic E-state index is 12.2. The third-order valence-corrected chi connectivity index (χ3v) is 7.08. The second kappa shape index (κ2) is 20.8. The van der Waals surface area contributed by atoms with Gasteiger partial charge in [0.1, 0.15) is 12.6 Å². The number of carbonyl (C=O) groups excluding carboxylic acids is 1. The van der Waals surface area contributed by atoms with E-state index in [4.69, 9.17) is 29.4 Å². The quantitative estimate of drug-likeness (QED) is 0.132. The molecule has 0 saturated heterocycles. The van der Waals surface area contributed by atoms with Gasteiger partial charge in [0.2, 0.25) is 0 Å². The molecular formula is C32H47N3O8. The molecule has 0 saturated carbocycles. The lowest BCUT2D eigenvalue weighted by Crippen LogP contribution is -2.37. The van der Waals surface area contributed by atoms with Crippen LogP contribution in [0.1, 0.15) is 42.7 Å². The van der Waals surface area contributed by atoms with Gasteiger partial charge in [-0.05, 0) is 54.6 Å². The highest BCUT2D eigenvalue weighted by molar-refractivity contribution is 5.79. The molecule has 0 fully saturated rings. The van der Waals surface area contributed by atoms with E-state index in [0.29, 0.717) is 78.9 Å². The highest BCUT2D eigenvalue weighted by Crippen LogP contribution is 2.44. The fourth-order valence-corrected chi connectivity index (χ4v) is 4.89. The Bertz CT molecular complexity index is 1040. The molecule has 5 N–H and O–H groups in total. The molecule has 0 heterocycles. The van der Waals surface area contributed by atoms with E-state index in [9.17, 15) is 14.7 Å². The van der Waals surface area contributed by atoms with E-state index >= 15 is 0 Å². The van der Waals surface area contributed by atoms with E-state index in [2.05, 4.69) is 34.9 Å². The normalized spacial score (nSPS) is 13.0. The largest absolute Gasteiger partial charge is 0.480 e. The van der Waals surface area contributed by atoms with Crippen LogP contribution >= 0.6 is 0 Å². The summed E-state index contributed by atoms with van der Waals surface area (Å²) in [6.07, 6.45) is 2.48. The van der Waals surface area contributed by atoms with Crippen molar-refractivity contribution in [3.8, 4) is 11.1 Å². The molecule has 43 heavy (non-hydrogen) atoms. The first-order chi connectivity index (χ1) is 21.1. The fraction of sp³-hybridized carbons (Fsp3) is 0.562. The Morgan fingerprint density at radius 1 is 0.744 bits per heavy atom. The molecule has 0 aromatic heterocycles. The summed E-state index contributed by atoms with van der Waals surface area (Å²) >= 11 is 0. The van der Waals surface area contributed by atoms with Gasteiger partial charge >= 0.3 is 12.1 Å². The first kappa shape index (κ1) is 34.4. The standard InChI is InChI=1S/C32H47N3O8/c33-13-6-5-12-30(31(36)37)34-14-7-16-39-18-20-41-22-23-42-21-19-40-17-15-35-32(38)43-24-29-27-10-3-1-8-25(27)26-9-2-4-11-28(26)29/h1-4,8-11,29-30,34H,5-7,12-24,33H2,(H,35,38)(H,36,37)/t30-/m0/s1. The number of carboxylic acid groups (broad SMARTS) is 1. The zero-order chi connectivity index (χ0) is 30.5. The van der Waals surface area contributed by atoms with E-state index < -0.39 is 18.1 Å². The molecule has 1 aliphatic rings. The van der Waals surface area contributed by atoms with Crippen molar-refractivity contribution in [3.05, 3.63) is 59.7 Å². The molecular weight excluding hydrogens is 554 g/mol. The number of nitrogens with two attached hydrogens (primary N) is 1. The summed E-state index contributed by atoms with van der Waals surface area (Å²) in [5, 5.41) is 15.0. The average molecular weight is 602 g/mol. The van der Waals surface area contributed by atoms with Gasteiger partial charge in [0.25, 0.3) is 0 Å². The summed E-state index contributed by atoms with van der Waals surface area (Å²) in [4.78, 5) is 23.4. The minimum absolute atomic E-state index is 0.0349. The third kappa shape index (κ3) is 12.6. The highest BCUT2D eigenvalue weighted by Gasteiger charge is 2.28. The summed E-state index contributed by atoms with van der Waals surface area (Å²) in [6.45, 7) is 5.39.